The van der Waals surface area contributed by atoms with Crippen molar-refractivity contribution in [2.45, 2.75) is 6.42 Å². The van der Waals surface area contributed by atoms with Gasteiger partial charge in [0.2, 0.25) is 0 Å². The molecule has 0 radical (unpaired) electrons. The van der Waals surface area contributed by atoms with Gasteiger partial charge in [0, 0.05) is 11.5 Å². The molecule has 0 spiro atoms. The summed E-state index contributed by atoms with van der Waals surface area (Å²) in [5, 5.41) is 0. The third kappa shape index (κ3) is 4.09. The first-order valence-electron chi connectivity index (χ1n) is 5.59. The molecule has 1 aliphatic carbocycles. The largest absolute Gasteiger partial charge is 4.00 e. The van der Waals surface area contributed by atoms with Gasteiger partial charge in [-0.3, -0.25) is 0 Å². The Balaban J connectivity index is 0. The van der Waals surface area contributed by atoms with E-state index in [1.54, 1.807) is 14.2 Å². The van der Waals surface area contributed by atoms with Crippen LogP contribution >= 0.6 is 0 Å². The van der Waals surface area contributed by atoms with Crippen molar-refractivity contribution in [3.8, 4) is 22.6 Å². The summed E-state index contributed by atoms with van der Waals surface area (Å²) in [6.45, 7) is 0. The van der Waals surface area contributed by atoms with Crippen molar-refractivity contribution in [1.82, 2.24) is 0 Å². The second-order valence-corrected chi connectivity index (χ2v) is 4.10. The molecule has 0 aromatic heterocycles. The second kappa shape index (κ2) is 9.60. The first-order valence-corrected chi connectivity index (χ1v) is 5.59. The minimum atomic E-state index is 0. The van der Waals surface area contributed by atoms with E-state index in [1.807, 2.05) is 6.07 Å². The van der Waals surface area contributed by atoms with Gasteiger partial charge in [0.25, 0.3) is 0 Å². The van der Waals surface area contributed by atoms with E-state index < -0.39 is 0 Å². The normalized spacial score (nSPS) is 9.62. The average Bonchev–Trinajstić information content (AvgIpc) is 2.74. The maximum absolute atomic E-state index is 5.32. The molecule has 0 atom stereocenters. The van der Waals surface area contributed by atoms with Gasteiger partial charge in [-0.15, -0.1) is 23.3 Å². The first kappa shape index (κ1) is 22.9. The Kier molecular flexibility index (Phi) is 10.5. The number of hydrogen-bond acceptors (Lipinski definition) is 2. The Labute approximate surface area is 158 Å². The molecule has 3 rings (SSSR count). The van der Waals surface area contributed by atoms with Crippen LogP contribution < -0.4 is 46.7 Å². The van der Waals surface area contributed by atoms with E-state index >= 15 is 0 Å². The van der Waals surface area contributed by atoms with E-state index in [0.717, 1.165) is 12.2 Å². The maximum atomic E-state index is 5.32. The molecule has 1 aliphatic rings. The summed E-state index contributed by atoms with van der Waals surface area (Å²) in [6, 6.07) is 13.8. The minimum Gasteiger partial charge on any atom is -1.00 e. The van der Waals surface area contributed by atoms with E-state index in [1.165, 1.54) is 22.3 Å². The van der Waals surface area contributed by atoms with Crippen LogP contribution in [0.2, 0.25) is 0 Å². The SMILES string of the molecule is COc1[c-]c2c(cc1OC)-c1ccccc1C2.[Cl-].[Cl-].[Cl-].[Ti+4]. The Morgan fingerprint density at radius 1 is 0.952 bits per heavy atom. The van der Waals surface area contributed by atoms with Crippen LogP contribution in [0.3, 0.4) is 0 Å². The zero-order chi connectivity index (χ0) is 11.8. The van der Waals surface area contributed by atoms with Crippen molar-refractivity contribution >= 4 is 0 Å². The molecular weight excluding hydrogens is 366 g/mol. The van der Waals surface area contributed by atoms with E-state index in [-0.39, 0.29) is 58.9 Å². The number of ether oxygens (including phenoxy) is 2. The fourth-order valence-corrected chi connectivity index (χ4v) is 2.36. The molecule has 0 bridgehead atoms. The fraction of sp³-hybridized carbons (Fsp3) is 0.200. The summed E-state index contributed by atoms with van der Waals surface area (Å²) >= 11 is 0. The summed E-state index contributed by atoms with van der Waals surface area (Å²) < 4.78 is 10.6. The van der Waals surface area contributed by atoms with Crippen LogP contribution in [0.1, 0.15) is 11.1 Å². The van der Waals surface area contributed by atoms with Gasteiger partial charge in [0.1, 0.15) is 0 Å². The molecule has 21 heavy (non-hydrogen) atoms. The van der Waals surface area contributed by atoms with Gasteiger partial charge >= 0.3 is 21.7 Å². The number of halogens is 3. The smallest absolute Gasteiger partial charge is 1.00 e. The van der Waals surface area contributed by atoms with Crippen molar-refractivity contribution < 1.29 is 68.4 Å². The third-order valence-corrected chi connectivity index (χ3v) is 3.19. The zero-order valence-electron chi connectivity index (χ0n) is 11.5. The van der Waals surface area contributed by atoms with Crippen molar-refractivity contribution in [3.05, 3.63) is 47.5 Å². The molecule has 2 aromatic rings. The molecule has 0 aliphatic heterocycles. The van der Waals surface area contributed by atoms with Gasteiger partial charge in [-0.05, 0) is 6.42 Å². The Morgan fingerprint density at radius 3 is 2.24 bits per heavy atom. The van der Waals surface area contributed by atoms with Crippen LogP contribution in [-0.2, 0) is 28.1 Å². The first-order chi connectivity index (χ1) is 8.33. The van der Waals surface area contributed by atoms with Gasteiger partial charge in [-0.1, -0.05) is 35.4 Å². The van der Waals surface area contributed by atoms with E-state index in [0.29, 0.717) is 5.75 Å². The van der Waals surface area contributed by atoms with E-state index in [9.17, 15) is 0 Å². The molecule has 110 valence electrons. The second-order valence-electron chi connectivity index (χ2n) is 4.10. The van der Waals surface area contributed by atoms with Crippen molar-refractivity contribution in [2.75, 3.05) is 14.2 Å². The Morgan fingerprint density at radius 2 is 1.62 bits per heavy atom. The maximum Gasteiger partial charge on any atom is 4.00 e. The average molecular weight is 379 g/mol. The van der Waals surface area contributed by atoms with Gasteiger partial charge in [-0.2, -0.15) is 0 Å². The van der Waals surface area contributed by atoms with Crippen LogP contribution in [0.15, 0.2) is 30.3 Å². The van der Waals surface area contributed by atoms with Crippen LogP contribution in [0, 0.1) is 6.07 Å². The quantitative estimate of drug-likeness (QED) is 0.326. The van der Waals surface area contributed by atoms with Crippen molar-refractivity contribution in [1.29, 1.82) is 0 Å². The number of methoxy groups -OCH3 is 2. The van der Waals surface area contributed by atoms with Gasteiger partial charge in [-0.25, -0.2) is 0 Å². The summed E-state index contributed by atoms with van der Waals surface area (Å²) in [5.74, 6) is 1.42. The molecule has 0 unspecified atom stereocenters. The molecule has 2 nitrogen and oxygen atoms in total. The van der Waals surface area contributed by atoms with E-state index in [2.05, 4.69) is 30.3 Å². The topological polar surface area (TPSA) is 18.5 Å². The molecular formula is C15H13Cl3O2Ti. The van der Waals surface area contributed by atoms with E-state index in [4.69, 9.17) is 9.47 Å². The number of rotatable bonds is 2. The molecule has 0 saturated heterocycles. The molecule has 2 aromatic carbocycles. The minimum absolute atomic E-state index is 0. The zero-order valence-corrected chi connectivity index (χ0v) is 15.4. The van der Waals surface area contributed by atoms with Crippen LogP contribution in [0.4, 0.5) is 0 Å². The van der Waals surface area contributed by atoms with Gasteiger partial charge < -0.3 is 46.7 Å². The fourth-order valence-electron chi connectivity index (χ4n) is 2.36. The standard InChI is InChI=1S/C15H13O2.3ClH.Ti/c1-16-14-8-11-7-10-5-3-4-6-12(10)13(11)9-15(14)17-2;;;;/h3-6,9H,7H2,1-2H3;3*1H;/q-1;;;;+4/p-3. The Bertz CT molecular complexity index is 591. The third-order valence-electron chi connectivity index (χ3n) is 3.19. The monoisotopic (exact) mass is 378 g/mol. The van der Waals surface area contributed by atoms with Crippen LogP contribution in [0.25, 0.3) is 11.1 Å². The number of fused-ring (bicyclic) bond motifs is 3. The van der Waals surface area contributed by atoms with Gasteiger partial charge in [0.05, 0.1) is 14.2 Å². The number of benzene rings is 2. The number of hydrogen-bond donors (Lipinski definition) is 0. The summed E-state index contributed by atoms with van der Waals surface area (Å²) in [7, 11) is 3.29. The Hall–Kier alpha value is -0.376. The van der Waals surface area contributed by atoms with Crippen molar-refractivity contribution in [2.24, 2.45) is 0 Å². The molecule has 6 heteroatoms. The summed E-state index contributed by atoms with van der Waals surface area (Å²) in [5.41, 5.74) is 5.01. The summed E-state index contributed by atoms with van der Waals surface area (Å²) in [6.07, 6.45) is 0.922. The summed E-state index contributed by atoms with van der Waals surface area (Å²) in [4.78, 5) is 0. The van der Waals surface area contributed by atoms with Crippen molar-refractivity contribution in [3.63, 3.8) is 0 Å². The molecule has 0 amide bonds. The molecule has 0 N–H and O–H groups in total. The predicted molar refractivity (Wildman–Crippen MR) is 66.6 cm³/mol. The molecule has 0 saturated carbocycles. The predicted octanol–water partition coefficient (Wildman–Crippen LogP) is -5.92. The molecule has 0 fully saturated rings. The van der Waals surface area contributed by atoms with Gasteiger partial charge in [0.15, 0.2) is 0 Å². The molecule has 0 heterocycles. The van der Waals surface area contributed by atoms with Crippen LogP contribution in [0.5, 0.6) is 11.5 Å². The van der Waals surface area contributed by atoms with Crippen LogP contribution in [-0.4, -0.2) is 14.2 Å².